The molecule has 2 nitrogen and oxygen atoms in total. The normalized spacial score (nSPS) is 42.8. The number of benzene rings is 1. The monoisotopic (exact) mass is 390 g/mol. The van der Waals surface area contributed by atoms with E-state index in [9.17, 15) is 9.90 Å². The Morgan fingerprint density at radius 1 is 1.00 bits per heavy atom. The fraction of sp³-hybridized carbons (Fsp3) is 0.593. The van der Waals surface area contributed by atoms with Crippen molar-refractivity contribution in [3.63, 3.8) is 0 Å². The first-order valence-corrected chi connectivity index (χ1v) is 11.5. The molecule has 3 fully saturated rings. The number of fused-ring (bicyclic) bond motifs is 5. The summed E-state index contributed by atoms with van der Waals surface area (Å²) >= 11 is 0. The van der Waals surface area contributed by atoms with Gasteiger partial charge in [0, 0.05) is 5.41 Å². The number of hydrogen-bond acceptors (Lipinski definition) is 2. The minimum atomic E-state index is -0.187. The van der Waals surface area contributed by atoms with Gasteiger partial charge in [-0.1, -0.05) is 55.3 Å². The largest absolute Gasteiger partial charge is 0.393 e. The van der Waals surface area contributed by atoms with Gasteiger partial charge in [0.05, 0.1) is 6.10 Å². The predicted molar refractivity (Wildman–Crippen MR) is 117 cm³/mol. The summed E-state index contributed by atoms with van der Waals surface area (Å²) in [6, 6.07) is 8.52. The number of ketones is 1. The van der Waals surface area contributed by atoms with Gasteiger partial charge in [0.2, 0.25) is 0 Å². The third-order valence-corrected chi connectivity index (χ3v) is 9.14. The number of aliphatic hydroxyl groups is 1. The van der Waals surface area contributed by atoms with Crippen molar-refractivity contribution in [1.82, 2.24) is 0 Å². The summed E-state index contributed by atoms with van der Waals surface area (Å²) in [4.78, 5) is 13.5. The van der Waals surface area contributed by atoms with Crippen LogP contribution in [0.1, 0.15) is 69.9 Å². The quantitative estimate of drug-likeness (QED) is 0.480. The average Bonchev–Trinajstić information content (AvgIpc) is 2.95. The second-order valence-corrected chi connectivity index (χ2v) is 10.7. The molecule has 6 atom stereocenters. The molecule has 4 aliphatic carbocycles. The van der Waals surface area contributed by atoms with Gasteiger partial charge in [-0.25, -0.2) is 0 Å². The van der Waals surface area contributed by atoms with Crippen molar-refractivity contribution in [2.75, 3.05) is 0 Å². The summed E-state index contributed by atoms with van der Waals surface area (Å²) in [5, 5.41) is 10.2. The minimum absolute atomic E-state index is 0.156. The van der Waals surface area contributed by atoms with Crippen LogP contribution in [0, 0.1) is 35.5 Å². The van der Waals surface area contributed by atoms with Crippen LogP contribution in [0.3, 0.4) is 0 Å². The standard InChI is InChI=1S/C27H34O2/c1-17-4-6-18(7-5-17)14-19-15-24-22-9-8-20-16-21(28)10-12-26(20,2)23(22)11-13-27(24,3)25(19)29/h4-8,14,21-24,28H,9-13,15-16H2,1-3H3/b19-14-/t21-,22+,23-,24+,26-,27-/m0/s1. The fourth-order valence-electron chi connectivity index (χ4n) is 7.31. The van der Waals surface area contributed by atoms with Crippen LogP contribution in [-0.4, -0.2) is 17.0 Å². The lowest BCUT2D eigenvalue weighted by Crippen LogP contribution is -2.50. The van der Waals surface area contributed by atoms with Gasteiger partial charge in [-0.2, -0.15) is 0 Å². The SMILES string of the molecule is Cc1ccc(/C=C2/C[C@@H]3[C@@H]4CC=C5C[C@@H](O)CC[C@]5(C)[C@H]4CC[C@]3(C)C2=O)cc1. The van der Waals surface area contributed by atoms with Crippen molar-refractivity contribution in [3.8, 4) is 0 Å². The molecule has 0 radical (unpaired) electrons. The van der Waals surface area contributed by atoms with Crippen LogP contribution in [0.4, 0.5) is 0 Å². The van der Waals surface area contributed by atoms with E-state index in [1.54, 1.807) is 0 Å². The molecule has 2 heteroatoms. The molecule has 0 heterocycles. The Hall–Kier alpha value is -1.67. The van der Waals surface area contributed by atoms with E-state index in [0.29, 0.717) is 23.5 Å². The van der Waals surface area contributed by atoms with E-state index in [1.807, 2.05) is 0 Å². The van der Waals surface area contributed by atoms with Crippen LogP contribution < -0.4 is 0 Å². The molecule has 0 aromatic heterocycles. The molecule has 0 unspecified atom stereocenters. The van der Waals surface area contributed by atoms with Crippen LogP contribution in [0.25, 0.3) is 6.08 Å². The Morgan fingerprint density at radius 2 is 1.72 bits per heavy atom. The van der Waals surface area contributed by atoms with Crippen molar-refractivity contribution in [3.05, 3.63) is 52.6 Å². The fourth-order valence-corrected chi connectivity index (χ4v) is 7.31. The lowest BCUT2D eigenvalue weighted by Gasteiger charge is -2.56. The molecular formula is C27H34O2. The van der Waals surface area contributed by atoms with Crippen molar-refractivity contribution in [2.45, 2.75) is 71.8 Å². The summed E-state index contributed by atoms with van der Waals surface area (Å²) in [6.45, 7) is 6.80. The molecule has 0 amide bonds. The van der Waals surface area contributed by atoms with Crippen LogP contribution in [0.15, 0.2) is 41.5 Å². The van der Waals surface area contributed by atoms with Crippen LogP contribution in [0.2, 0.25) is 0 Å². The highest BCUT2D eigenvalue weighted by molar-refractivity contribution is 6.05. The molecule has 1 aromatic rings. The number of allylic oxidation sites excluding steroid dienone is 2. The molecule has 3 saturated carbocycles. The van der Waals surface area contributed by atoms with E-state index in [0.717, 1.165) is 56.1 Å². The van der Waals surface area contributed by atoms with Gasteiger partial charge in [0.1, 0.15) is 0 Å². The maximum Gasteiger partial charge on any atom is 0.165 e. The number of aliphatic hydroxyl groups excluding tert-OH is 1. The van der Waals surface area contributed by atoms with Gasteiger partial charge < -0.3 is 5.11 Å². The van der Waals surface area contributed by atoms with E-state index in [2.05, 4.69) is 57.2 Å². The average molecular weight is 391 g/mol. The zero-order valence-corrected chi connectivity index (χ0v) is 18.1. The molecule has 4 aliphatic rings. The van der Waals surface area contributed by atoms with Gasteiger partial charge >= 0.3 is 0 Å². The smallest absolute Gasteiger partial charge is 0.165 e. The van der Waals surface area contributed by atoms with Gasteiger partial charge in [0.25, 0.3) is 0 Å². The highest BCUT2D eigenvalue weighted by Gasteiger charge is 2.59. The Labute approximate surface area is 175 Å². The molecule has 1 N–H and O–H groups in total. The molecule has 5 rings (SSSR count). The van der Waals surface area contributed by atoms with Gasteiger partial charge in [-0.3, -0.25) is 4.79 Å². The maximum atomic E-state index is 13.5. The first kappa shape index (κ1) is 19.3. The number of aryl methyl sites for hydroxylation is 1. The minimum Gasteiger partial charge on any atom is -0.393 e. The van der Waals surface area contributed by atoms with E-state index >= 15 is 0 Å². The maximum absolute atomic E-state index is 13.5. The van der Waals surface area contributed by atoms with Crippen LogP contribution in [-0.2, 0) is 4.79 Å². The number of carbonyl (C=O) groups is 1. The number of rotatable bonds is 1. The number of Topliss-reactive ketones (excluding diaryl/α,β-unsaturated/α-hetero) is 1. The zero-order valence-electron chi connectivity index (χ0n) is 18.1. The number of carbonyl (C=O) groups excluding carboxylic acids is 1. The molecule has 0 spiro atoms. The first-order chi connectivity index (χ1) is 13.8. The van der Waals surface area contributed by atoms with Crippen molar-refractivity contribution < 1.29 is 9.90 Å². The third kappa shape index (κ3) is 2.90. The zero-order chi connectivity index (χ0) is 20.4. The molecule has 0 saturated heterocycles. The second kappa shape index (κ2) is 6.67. The highest BCUT2D eigenvalue weighted by atomic mass is 16.3. The Balaban J connectivity index is 1.47. The van der Waals surface area contributed by atoms with Crippen molar-refractivity contribution in [1.29, 1.82) is 0 Å². The van der Waals surface area contributed by atoms with E-state index < -0.39 is 0 Å². The summed E-state index contributed by atoms with van der Waals surface area (Å²) in [5.41, 5.74) is 4.99. The topological polar surface area (TPSA) is 37.3 Å². The molecular weight excluding hydrogens is 356 g/mol. The number of hydrogen-bond donors (Lipinski definition) is 1. The third-order valence-electron chi connectivity index (χ3n) is 9.14. The Morgan fingerprint density at radius 3 is 2.48 bits per heavy atom. The van der Waals surface area contributed by atoms with Crippen molar-refractivity contribution >= 4 is 11.9 Å². The van der Waals surface area contributed by atoms with Gasteiger partial charge in [-0.05, 0) is 92.3 Å². The molecule has 1 aromatic carbocycles. The highest BCUT2D eigenvalue weighted by Crippen LogP contribution is 2.64. The molecule has 29 heavy (non-hydrogen) atoms. The van der Waals surface area contributed by atoms with Crippen LogP contribution in [0.5, 0.6) is 0 Å². The Bertz CT molecular complexity index is 892. The lowest BCUT2D eigenvalue weighted by atomic mass is 9.48. The lowest BCUT2D eigenvalue weighted by molar-refractivity contribution is -0.130. The van der Waals surface area contributed by atoms with E-state index in [1.165, 1.54) is 11.1 Å². The van der Waals surface area contributed by atoms with E-state index in [-0.39, 0.29) is 16.9 Å². The summed E-state index contributed by atoms with van der Waals surface area (Å²) < 4.78 is 0. The molecule has 0 bridgehead atoms. The summed E-state index contributed by atoms with van der Waals surface area (Å²) in [5.74, 6) is 2.14. The first-order valence-electron chi connectivity index (χ1n) is 11.5. The van der Waals surface area contributed by atoms with E-state index in [4.69, 9.17) is 0 Å². The van der Waals surface area contributed by atoms with Gasteiger partial charge in [0.15, 0.2) is 5.78 Å². The molecule has 154 valence electrons. The second-order valence-electron chi connectivity index (χ2n) is 10.7. The Kier molecular flexibility index (Phi) is 4.44. The van der Waals surface area contributed by atoms with Crippen molar-refractivity contribution in [2.24, 2.45) is 28.6 Å². The molecule has 0 aliphatic heterocycles. The van der Waals surface area contributed by atoms with Crippen LogP contribution >= 0.6 is 0 Å². The summed E-state index contributed by atoms with van der Waals surface area (Å²) in [6.07, 6.45) is 11.5. The van der Waals surface area contributed by atoms with Gasteiger partial charge in [-0.15, -0.1) is 0 Å². The predicted octanol–water partition coefficient (Wildman–Crippen LogP) is 5.88. The summed E-state index contributed by atoms with van der Waals surface area (Å²) in [7, 11) is 0.